The summed E-state index contributed by atoms with van der Waals surface area (Å²) in [6.07, 6.45) is 1.14. The molecule has 2 aromatic rings. The van der Waals surface area contributed by atoms with Crippen LogP contribution in [0.15, 0.2) is 48.5 Å². The van der Waals surface area contributed by atoms with Crippen LogP contribution < -0.4 is 10.1 Å². The number of aliphatic hydroxyl groups is 1. The number of benzene rings is 2. The molecule has 1 unspecified atom stereocenters. The molecule has 0 bridgehead atoms. The van der Waals surface area contributed by atoms with Crippen molar-refractivity contribution in [2.45, 2.75) is 25.4 Å². The summed E-state index contributed by atoms with van der Waals surface area (Å²) in [7, 11) is 1.63. The molecule has 2 N–H and O–H groups in total. The normalized spacial score (nSPS) is 24.3. The van der Waals surface area contributed by atoms with Crippen molar-refractivity contribution in [1.29, 1.82) is 0 Å². The fourth-order valence-corrected chi connectivity index (χ4v) is 4.41. The third kappa shape index (κ3) is 3.60. The standard InChI is InChI=1S/C23H26N2O4/c1-29-19-5-2-4-18(14-19)16-6-8-17(9-7-16)21(27)25-13-10-20(26)23(15-25)11-3-12-24-22(23)28/h2,4-9,14,20,26H,3,10-13,15H2,1H3,(H,24,28)/t20?,23-/m1/s1. The summed E-state index contributed by atoms with van der Waals surface area (Å²) in [4.78, 5) is 27.3. The number of piperidine rings is 2. The van der Waals surface area contributed by atoms with Crippen LogP contribution in [0, 0.1) is 5.41 Å². The van der Waals surface area contributed by atoms with Gasteiger partial charge >= 0.3 is 0 Å². The molecule has 6 nitrogen and oxygen atoms in total. The molecule has 2 aliphatic heterocycles. The van der Waals surface area contributed by atoms with E-state index < -0.39 is 11.5 Å². The Bertz CT molecular complexity index is 911. The number of aliphatic hydroxyl groups excluding tert-OH is 1. The number of likely N-dealkylation sites (tertiary alicyclic amines) is 1. The lowest BCUT2D eigenvalue weighted by atomic mass is 9.71. The first kappa shape index (κ1) is 19.5. The van der Waals surface area contributed by atoms with Gasteiger partial charge in [-0.1, -0.05) is 24.3 Å². The number of carbonyl (C=O) groups is 2. The van der Waals surface area contributed by atoms with Crippen LogP contribution in [-0.4, -0.2) is 54.7 Å². The van der Waals surface area contributed by atoms with Gasteiger partial charge in [-0.2, -0.15) is 0 Å². The molecule has 2 saturated heterocycles. The van der Waals surface area contributed by atoms with E-state index in [-0.39, 0.29) is 18.4 Å². The summed E-state index contributed by atoms with van der Waals surface area (Å²) in [5.74, 6) is 0.541. The maximum atomic E-state index is 13.1. The summed E-state index contributed by atoms with van der Waals surface area (Å²) in [6.45, 7) is 1.34. The summed E-state index contributed by atoms with van der Waals surface area (Å²) in [5.41, 5.74) is 1.71. The molecule has 2 amide bonds. The summed E-state index contributed by atoms with van der Waals surface area (Å²) < 4.78 is 5.28. The molecule has 0 saturated carbocycles. The van der Waals surface area contributed by atoms with Crippen molar-refractivity contribution in [2.24, 2.45) is 5.41 Å². The molecular weight excluding hydrogens is 368 g/mol. The number of hydrogen-bond acceptors (Lipinski definition) is 4. The Kier molecular flexibility index (Phi) is 5.28. The molecule has 0 aliphatic carbocycles. The van der Waals surface area contributed by atoms with Gasteiger partial charge in [0.25, 0.3) is 5.91 Å². The molecule has 2 aromatic carbocycles. The van der Waals surface area contributed by atoms with Gasteiger partial charge in [0.15, 0.2) is 0 Å². The monoisotopic (exact) mass is 394 g/mol. The van der Waals surface area contributed by atoms with Crippen LogP contribution in [0.1, 0.15) is 29.6 Å². The van der Waals surface area contributed by atoms with Crippen LogP contribution in [0.3, 0.4) is 0 Å². The minimum Gasteiger partial charge on any atom is -0.497 e. The van der Waals surface area contributed by atoms with E-state index in [1.807, 2.05) is 48.5 Å². The van der Waals surface area contributed by atoms with Crippen molar-refractivity contribution < 1.29 is 19.4 Å². The molecular formula is C23H26N2O4. The fraction of sp³-hybridized carbons (Fsp3) is 0.391. The zero-order chi connectivity index (χ0) is 20.4. The zero-order valence-corrected chi connectivity index (χ0v) is 16.6. The number of carbonyl (C=O) groups excluding carboxylic acids is 2. The van der Waals surface area contributed by atoms with E-state index in [9.17, 15) is 14.7 Å². The minimum absolute atomic E-state index is 0.105. The number of amides is 2. The van der Waals surface area contributed by atoms with Crippen molar-refractivity contribution in [3.63, 3.8) is 0 Å². The first-order valence-corrected chi connectivity index (χ1v) is 10.0. The van der Waals surface area contributed by atoms with Crippen molar-refractivity contribution >= 4 is 11.8 Å². The second-order valence-corrected chi connectivity index (χ2v) is 7.86. The van der Waals surface area contributed by atoms with E-state index >= 15 is 0 Å². The van der Waals surface area contributed by atoms with Gasteiger partial charge in [-0.15, -0.1) is 0 Å². The Morgan fingerprint density at radius 2 is 2.00 bits per heavy atom. The van der Waals surface area contributed by atoms with Gasteiger partial charge < -0.3 is 20.1 Å². The Hall–Kier alpha value is -2.86. The summed E-state index contributed by atoms with van der Waals surface area (Å²) in [5, 5.41) is 13.4. The van der Waals surface area contributed by atoms with E-state index in [4.69, 9.17) is 4.74 Å². The Balaban J connectivity index is 1.53. The molecule has 4 rings (SSSR count). The number of nitrogens with zero attached hydrogens (tertiary/aromatic N) is 1. The highest BCUT2D eigenvalue weighted by molar-refractivity contribution is 5.95. The van der Waals surface area contributed by atoms with Crippen LogP contribution in [0.4, 0.5) is 0 Å². The van der Waals surface area contributed by atoms with Gasteiger partial charge in [0.2, 0.25) is 5.91 Å². The molecule has 2 atom stereocenters. The molecule has 2 fully saturated rings. The van der Waals surface area contributed by atoms with Gasteiger partial charge in [-0.05, 0) is 54.7 Å². The fourth-order valence-electron chi connectivity index (χ4n) is 4.41. The van der Waals surface area contributed by atoms with E-state index in [0.29, 0.717) is 31.5 Å². The highest BCUT2D eigenvalue weighted by Crippen LogP contribution is 2.37. The van der Waals surface area contributed by atoms with E-state index in [1.165, 1.54) is 0 Å². The third-order valence-electron chi connectivity index (χ3n) is 6.14. The summed E-state index contributed by atoms with van der Waals surface area (Å²) in [6, 6.07) is 15.2. The second-order valence-electron chi connectivity index (χ2n) is 7.86. The molecule has 2 heterocycles. The van der Waals surface area contributed by atoms with Gasteiger partial charge in [-0.25, -0.2) is 0 Å². The SMILES string of the molecule is COc1cccc(-c2ccc(C(=O)N3CCC(O)[C@@]4(CCCNC4=O)C3)cc2)c1. The Morgan fingerprint density at radius 3 is 2.72 bits per heavy atom. The maximum Gasteiger partial charge on any atom is 0.253 e. The number of nitrogens with one attached hydrogen (secondary N) is 1. The number of rotatable bonds is 3. The van der Waals surface area contributed by atoms with Crippen LogP contribution in [-0.2, 0) is 4.79 Å². The van der Waals surface area contributed by atoms with Crippen molar-refractivity contribution in [1.82, 2.24) is 10.2 Å². The highest BCUT2D eigenvalue weighted by atomic mass is 16.5. The predicted octanol–water partition coefficient (Wildman–Crippen LogP) is 2.47. The topological polar surface area (TPSA) is 78.9 Å². The number of hydrogen-bond donors (Lipinski definition) is 2. The van der Waals surface area contributed by atoms with Crippen molar-refractivity contribution in [3.8, 4) is 16.9 Å². The van der Waals surface area contributed by atoms with Crippen molar-refractivity contribution in [3.05, 3.63) is 54.1 Å². The number of ether oxygens (including phenoxy) is 1. The van der Waals surface area contributed by atoms with Crippen LogP contribution in [0.5, 0.6) is 5.75 Å². The zero-order valence-electron chi connectivity index (χ0n) is 16.6. The second kappa shape index (κ2) is 7.87. The molecule has 6 heteroatoms. The Labute approximate surface area is 170 Å². The van der Waals surface area contributed by atoms with Gasteiger partial charge in [0.05, 0.1) is 18.6 Å². The maximum absolute atomic E-state index is 13.1. The minimum atomic E-state index is -0.882. The molecule has 2 aliphatic rings. The van der Waals surface area contributed by atoms with Gasteiger partial charge in [0.1, 0.15) is 5.75 Å². The largest absolute Gasteiger partial charge is 0.497 e. The Morgan fingerprint density at radius 1 is 1.21 bits per heavy atom. The highest BCUT2D eigenvalue weighted by Gasteiger charge is 2.50. The predicted molar refractivity (Wildman–Crippen MR) is 110 cm³/mol. The van der Waals surface area contributed by atoms with Crippen LogP contribution in [0.25, 0.3) is 11.1 Å². The van der Waals surface area contributed by atoms with Crippen molar-refractivity contribution in [2.75, 3.05) is 26.7 Å². The molecule has 0 aromatic heterocycles. The smallest absolute Gasteiger partial charge is 0.253 e. The first-order valence-electron chi connectivity index (χ1n) is 10.0. The van der Waals surface area contributed by atoms with Crippen LogP contribution in [0.2, 0.25) is 0 Å². The average molecular weight is 394 g/mol. The molecule has 1 spiro atoms. The van der Waals surface area contributed by atoms with Crippen LogP contribution >= 0.6 is 0 Å². The molecule has 0 radical (unpaired) electrons. The quantitative estimate of drug-likeness (QED) is 0.838. The number of methoxy groups -OCH3 is 1. The van der Waals surface area contributed by atoms with E-state index in [1.54, 1.807) is 12.0 Å². The molecule has 29 heavy (non-hydrogen) atoms. The first-order chi connectivity index (χ1) is 14.0. The lowest BCUT2D eigenvalue weighted by molar-refractivity contribution is -0.147. The van der Waals surface area contributed by atoms with Gasteiger partial charge in [0, 0.05) is 25.2 Å². The van der Waals surface area contributed by atoms with E-state index in [0.717, 1.165) is 23.3 Å². The lowest BCUT2D eigenvalue weighted by Gasteiger charge is -2.46. The molecule has 152 valence electrons. The van der Waals surface area contributed by atoms with Gasteiger partial charge in [-0.3, -0.25) is 9.59 Å². The summed E-state index contributed by atoms with van der Waals surface area (Å²) >= 11 is 0. The lowest BCUT2D eigenvalue weighted by Crippen LogP contribution is -2.62. The third-order valence-corrected chi connectivity index (χ3v) is 6.14. The van der Waals surface area contributed by atoms with E-state index in [2.05, 4.69) is 5.32 Å². The average Bonchev–Trinajstić information content (AvgIpc) is 2.77.